The normalized spacial score (nSPS) is 11.9. The number of benzene rings is 1. The Kier molecular flexibility index (Phi) is 5.67. The van der Waals surface area contributed by atoms with Crippen LogP contribution in [0, 0.1) is 12.7 Å². The van der Waals surface area contributed by atoms with Gasteiger partial charge in [-0.05, 0) is 25.1 Å². The van der Waals surface area contributed by atoms with Gasteiger partial charge in [-0.2, -0.15) is 13.2 Å². The number of aromatic nitrogens is 3. The molecule has 34 heavy (non-hydrogen) atoms. The number of aryl methyl sites for hydroxylation is 2. The van der Waals surface area contributed by atoms with E-state index in [0.717, 1.165) is 32.6 Å². The van der Waals surface area contributed by atoms with Crippen molar-refractivity contribution in [2.45, 2.75) is 19.5 Å². The molecule has 8 nitrogen and oxygen atoms in total. The van der Waals surface area contributed by atoms with Crippen molar-refractivity contribution in [3.63, 3.8) is 0 Å². The molecule has 1 amide bonds. The average Bonchev–Trinajstić information content (AvgIpc) is 3.34. The Morgan fingerprint density at radius 1 is 1.21 bits per heavy atom. The molecule has 0 bridgehead atoms. The lowest BCUT2D eigenvalue weighted by Crippen LogP contribution is -2.36. The van der Waals surface area contributed by atoms with Crippen LogP contribution in [0.15, 0.2) is 37.6 Å². The fourth-order valence-electron chi connectivity index (χ4n) is 3.48. The van der Waals surface area contributed by atoms with E-state index in [2.05, 4.69) is 10.3 Å². The number of nitrogens with zero attached hydrogens (tertiary/aromatic N) is 3. The molecule has 0 saturated carbocycles. The molecule has 0 aliphatic carbocycles. The molecule has 4 rings (SSSR count). The van der Waals surface area contributed by atoms with Crippen molar-refractivity contribution < 1.29 is 26.8 Å². The van der Waals surface area contributed by atoms with Crippen molar-refractivity contribution in [1.82, 2.24) is 14.1 Å². The van der Waals surface area contributed by atoms with Crippen LogP contribution in [0.1, 0.15) is 16.9 Å². The largest absolute Gasteiger partial charge is 0.444 e. The van der Waals surface area contributed by atoms with Crippen LogP contribution < -0.4 is 16.6 Å². The molecular formula is C21H16F4N4O4S. The minimum absolute atomic E-state index is 0.0442. The summed E-state index contributed by atoms with van der Waals surface area (Å²) in [7, 11) is 2.75. The number of nitrogens with one attached hydrogen (secondary N) is 1. The van der Waals surface area contributed by atoms with E-state index >= 15 is 0 Å². The molecule has 0 atom stereocenters. The number of alkyl halides is 3. The summed E-state index contributed by atoms with van der Waals surface area (Å²) in [6.07, 6.45) is -4.95. The van der Waals surface area contributed by atoms with E-state index < -0.39 is 34.7 Å². The zero-order valence-electron chi connectivity index (χ0n) is 17.9. The molecule has 13 heteroatoms. The molecule has 3 aromatic heterocycles. The number of carbonyl (C=O) groups excluding carboxylic acids is 1. The lowest BCUT2D eigenvalue weighted by Gasteiger charge is -2.08. The Labute approximate surface area is 192 Å². The van der Waals surface area contributed by atoms with Gasteiger partial charge in [-0.25, -0.2) is 14.2 Å². The predicted octanol–water partition coefficient (Wildman–Crippen LogP) is 3.60. The van der Waals surface area contributed by atoms with Gasteiger partial charge in [0.15, 0.2) is 5.13 Å². The summed E-state index contributed by atoms with van der Waals surface area (Å²) < 4.78 is 60.1. The third-order valence-corrected chi connectivity index (χ3v) is 6.01. The molecule has 0 saturated heterocycles. The van der Waals surface area contributed by atoms with Gasteiger partial charge in [0.1, 0.15) is 17.0 Å². The SMILES string of the molecule is Cc1oc2c(c1CC(=O)Nc1nc(-c3ccc(C(F)(F)F)cc3F)cs1)c(=O)n(C)c(=O)n2C. The molecule has 0 radical (unpaired) electrons. The van der Waals surface area contributed by atoms with E-state index in [0.29, 0.717) is 11.6 Å². The van der Waals surface area contributed by atoms with Crippen molar-refractivity contribution >= 4 is 33.5 Å². The summed E-state index contributed by atoms with van der Waals surface area (Å²) in [5.74, 6) is -1.37. The maximum absolute atomic E-state index is 14.2. The molecule has 0 fully saturated rings. The number of carbonyl (C=O) groups is 1. The zero-order valence-corrected chi connectivity index (χ0v) is 18.7. The summed E-state index contributed by atoms with van der Waals surface area (Å²) in [5.41, 5.74) is -2.05. The smallest absolute Gasteiger partial charge is 0.416 e. The number of hydrogen-bond acceptors (Lipinski definition) is 6. The van der Waals surface area contributed by atoms with Crippen molar-refractivity contribution in [2.24, 2.45) is 14.1 Å². The van der Waals surface area contributed by atoms with E-state index in [-0.39, 0.29) is 39.7 Å². The van der Waals surface area contributed by atoms with E-state index in [1.165, 1.54) is 19.5 Å². The van der Waals surface area contributed by atoms with Gasteiger partial charge in [0.25, 0.3) is 5.56 Å². The molecule has 3 heterocycles. The highest BCUT2D eigenvalue weighted by atomic mass is 32.1. The molecule has 0 spiro atoms. The zero-order chi connectivity index (χ0) is 24.9. The summed E-state index contributed by atoms with van der Waals surface area (Å²) in [6.45, 7) is 1.56. The maximum Gasteiger partial charge on any atom is 0.416 e. The molecule has 4 aromatic rings. The van der Waals surface area contributed by atoms with E-state index in [1.54, 1.807) is 6.92 Å². The topological polar surface area (TPSA) is 99.1 Å². The van der Waals surface area contributed by atoms with Gasteiger partial charge in [-0.15, -0.1) is 11.3 Å². The van der Waals surface area contributed by atoms with Gasteiger partial charge in [-0.1, -0.05) is 0 Å². The van der Waals surface area contributed by atoms with E-state index in [1.807, 2.05) is 0 Å². The van der Waals surface area contributed by atoms with Crippen LogP contribution in [-0.4, -0.2) is 20.0 Å². The molecular weight excluding hydrogens is 480 g/mol. The highest BCUT2D eigenvalue weighted by Gasteiger charge is 2.31. The minimum Gasteiger partial charge on any atom is -0.444 e. The van der Waals surface area contributed by atoms with Gasteiger partial charge in [0, 0.05) is 30.6 Å². The quantitative estimate of drug-likeness (QED) is 0.436. The monoisotopic (exact) mass is 496 g/mol. The van der Waals surface area contributed by atoms with Crippen LogP contribution in [0.2, 0.25) is 0 Å². The summed E-state index contributed by atoms with van der Waals surface area (Å²) in [4.78, 5) is 41.4. The number of halogens is 4. The molecule has 178 valence electrons. The first-order valence-corrected chi connectivity index (χ1v) is 10.6. The van der Waals surface area contributed by atoms with E-state index in [4.69, 9.17) is 4.42 Å². The second kappa shape index (κ2) is 8.24. The Morgan fingerprint density at radius 3 is 2.56 bits per heavy atom. The van der Waals surface area contributed by atoms with Crippen molar-refractivity contribution in [3.05, 3.63) is 67.1 Å². The standard InChI is InChI=1S/C21H16F4N4O4S/c1-9-12(16-17(31)28(2)20(32)29(3)18(16)33-9)7-15(30)27-19-26-14(8-34-19)11-5-4-10(6-13(11)22)21(23,24)25/h4-6,8H,7H2,1-3H3,(H,26,27,30). The van der Waals surface area contributed by atoms with Crippen LogP contribution in [0.5, 0.6) is 0 Å². The number of amides is 1. The number of hydrogen-bond donors (Lipinski definition) is 1. The van der Waals surface area contributed by atoms with Crippen LogP contribution >= 0.6 is 11.3 Å². The number of fused-ring (bicyclic) bond motifs is 1. The van der Waals surface area contributed by atoms with Gasteiger partial charge in [0.05, 0.1) is 17.7 Å². The fraction of sp³-hybridized carbons (Fsp3) is 0.238. The number of furan rings is 1. The lowest BCUT2D eigenvalue weighted by atomic mass is 10.1. The second-order valence-electron chi connectivity index (χ2n) is 7.48. The highest BCUT2D eigenvalue weighted by molar-refractivity contribution is 7.14. The van der Waals surface area contributed by atoms with E-state index in [9.17, 15) is 31.9 Å². The van der Waals surface area contributed by atoms with Gasteiger partial charge >= 0.3 is 11.9 Å². The van der Waals surface area contributed by atoms with Crippen molar-refractivity contribution in [3.8, 4) is 11.3 Å². The summed E-state index contributed by atoms with van der Waals surface area (Å²) in [5, 5.41) is 4.11. The Balaban J connectivity index is 1.58. The van der Waals surface area contributed by atoms with Crippen molar-refractivity contribution in [2.75, 3.05) is 5.32 Å². The molecule has 1 N–H and O–H groups in total. The first kappa shape index (κ1) is 23.4. The third-order valence-electron chi connectivity index (χ3n) is 5.25. The Bertz CT molecular complexity index is 1560. The van der Waals surface area contributed by atoms with Crippen LogP contribution in [0.25, 0.3) is 22.4 Å². The minimum atomic E-state index is -4.68. The Morgan fingerprint density at radius 2 is 1.91 bits per heavy atom. The number of thiazole rings is 1. The second-order valence-corrected chi connectivity index (χ2v) is 8.34. The fourth-order valence-corrected chi connectivity index (χ4v) is 4.20. The van der Waals surface area contributed by atoms with Gasteiger partial charge in [-0.3, -0.25) is 18.7 Å². The van der Waals surface area contributed by atoms with Crippen LogP contribution in [-0.2, 0) is 31.5 Å². The molecule has 1 aromatic carbocycles. The lowest BCUT2D eigenvalue weighted by molar-refractivity contribution is -0.137. The first-order chi connectivity index (χ1) is 15.9. The van der Waals surface area contributed by atoms with Crippen molar-refractivity contribution in [1.29, 1.82) is 0 Å². The highest BCUT2D eigenvalue weighted by Crippen LogP contribution is 2.33. The van der Waals surface area contributed by atoms with Crippen LogP contribution in [0.4, 0.5) is 22.7 Å². The van der Waals surface area contributed by atoms with Crippen LogP contribution in [0.3, 0.4) is 0 Å². The molecule has 0 unspecified atom stereocenters. The number of anilines is 1. The van der Waals surface area contributed by atoms with Gasteiger partial charge < -0.3 is 9.73 Å². The number of rotatable bonds is 4. The first-order valence-electron chi connectivity index (χ1n) is 9.69. The Hall–Kier alpha value is -3.74. The maximum atomic E-state index is 14.2. The predicted molar refractivity (Wildman–Crippen MR) is 116 cm³/mol. The van der Waals surface area contributed by atoms with Gasteiger partial charge in [0.2, 0.25) is 11.6 Å². The average molecular weight is 496 g/mol. The summed E-state index contributed by atoms with van der Waals surface area (Å²) in [6, 6.07) is 2.10. The molecule has 0 aliphatic heterocycles. The summed E-state index contributed by atoms with van der Waals surface area (Å²) >= 11 is 0.955. The molecule has 0 aliphatic rings. The third kappa shape index (κ3) is 4.02.